The van der Waals surface area contributed by atoms with Crippen molar-refractivity contribution in [1.82, 2.24) is 20.2 Å². The van der Waals surface area contributed by atoms with Crippen molar-refractivity contribution in [3.05, 3.63) is 24.3 Å². The molecule has 1 aromatic carbocycles. The van der Waals surface area contributed by atoms with Crippen LogP contribution in [0.4, 0.5) is 13.2 Å². The third-order valence-corrected chi connectivity index (χ3v) is 3.03. The number of rotatable bonds is 4. The predicted molar refractivity (Wildman–Crippen MR) is 66.8 cm³/mol. The normalized spacial score (nSPS) is 11.9. The summed E-state index contributed by atoms with van der Waals surface area (Å²) in [6.45, 7) is 3.98. The average Bonchev–Trinajstić information content (AvgIpc) is 2.75. The number of aromatic nitrogens is 4. The molecule has 0 bridgehead atoms. The van der Waals surface area contributed by atoms with Crippen LogP contribution in [0.15, 0.2) is 29.4 Å². The smallest absolute Gasteiger partial charge is 0.406 e. The molecule has 5 nitrogen and oxygen atoms in total. The van der Waals surface area contributed by atoms with Crippen LogP contribution in [0.2, 0.25) is 0 Å². The molecule has 108 valence electrons. The Morgan fingerprint density at radius 2 is 1.85 bits per heavy atom. The van der Waals surface area contributed by atoms with Crippen molar-refractivity contribution in [2.24, 2.45) is 0 Å². The first-order chi connectivity index (χ1) is 9.35. The molecule has 0 N–H and O–H groups in total. The molecule has 0 aliphatic carbocycles. The van der Waals surface area contributed by atoms with E-state index < -0.39 is 6.36 Å². The van der Waals surface area contributed by atoms with Gasteiger partial charge in [0.2, 0.25) is 5.16 Å². The Morgan fingerprint density at radius 1 is 1.20 bits per heavy atom. The molecule has 0 amide bonds. The molecule has 0 unspecified atom stereocenters. The average molecular weight is 304 g/mol. The van der Waals surface area contributed by atoms with Crippen LogP contribution >= 0.6 is 11.8 Å². The Balaban J connectivity index is 2.20. The first kappa shape index (κ1) is 14.6. The van der Waals surface area contributed by atoms with Crippen LogP contribution in [0, 0.1) is 0 Å². The maximum atomic E-state index is 12.1. The van der Waals surface area contributed by atoms with Crippen molar-refractivity contribution in [2.45, 2.75) is 30.6 Å². The van der Waals surface area contributed by atoms with Gasteiger partial charge in [-0.25, -0.2) is 0 Å². The zero-order chi connectivity index (χ0) is 14.8. The van der Waals surface area contributed by atoms with Gasteiger partial charge in [0.1, 0.15) is 5.75 Å². The molecule has 0 spiro atoms. The SMILES string of the molecule is CC(C)Sc1nnnn1-c1ccc(OC(F)(F)F)cc1. The van der Waals surface area contributed by atoms with E-state index in [-0.39, 0.29) is 11.0 Å². The number of hydrogen-bond acceptors (Lipinski definition) is 5. The van der Waals surface area contributed by atoms with Gasteiger partial charge in [-0.15, -0.1) is 18.3 Å². The summed E-state index contributed by atoms with van der Waals surface area (Å²) < 4.78 is 41.4. The quantitative estimate of drug-likeness (QED) is 0.813. The molecule has 0 aliphatic heterocycles. The van der Waals surface area contributed by atoms with E-state index in [2.05, 4.69) is 20.3 Å². The Morgan fingerprint density at radius 3 is 2.40 bits per heavy atom. The lowest BCUT2D eigenvalue weighted by atomic mass is 10.3. The summed E-state index contributed by atoms with van der Waals surface area (Å²) in [5.74, 6) is -0.285. The van der Waals surface area contributed by atoms with Crippen molar-refractivity contribution < 1.29 is 17.9 Å². The van der Waals surface area contributed by atoms with E-state index in [0.717, 1.165) is 0 Å². The van der Waals surface area contributed by atoms with Crippen molar-refractivity contribution in [2.75, 3.05) is 0 Å². The molecule has 9 heteroatoms. The zero-order valence-electron chi connectivity index (χ0n) is 10.6. The maximum Gasteiger partial charge on any atom is 0.573 e. The lowest BCUT2D eigenvalue weighted by Crippen LogP contribution is -2.17. The first-order valence-corrected chi connectivity index (χ1v) is 6.54. The van der Waals surface area contributed by atoms with Crippen LogP contribution in [-0.4, -0.2) is 31.8 Å². The number of halogens is 3. The minimum absolute atomic E-state index is 0.285. The minimum Gasteiger partial charge on any atom is -0.406 e. The van der Waals surface area contributed by atoms with Gasteiger partial charge in [0, 0.05) is 5.25 Å². The third kappa shape index (κ3) is 3.86. The molecule has 0 fully saturated rings. The largest absolute Gasteiger partial charge is 0.573 e. The summed E-state index contributed by atoms with van der Waals surface area (Å²) >= 11 is 1.46. The Bertz CT molecular complexity index is 568. The van der Waals surface area contributed by atoms with Crippen LogP contribution in [0.5, 0.6) is 5.75 Å². The van der Waals surface area contributed by atoms with Gasteiger partial charge < -0.3 is 4.74 Å². The van der Waals surface area contributed by atoms with Crippen LogP contribution in [-0.2, 0) is 0 Å². The van der Waals surface area contributed by atoms with Crippen LogP contribution in [0.3, 0.4) is 0 Å². The van der Waals surface area contributed by atoms with Gasteiger partial charge in [0.05, 0.1) is 5.69 Å². The van der Waals surface area contributed by atoms with Gasteiger partial charge in [0.25, 0.3) is 0 Å². The predicted octanol–water partition coefficient (Wildman–Crippen LogP) is 3.06. The topological polar surface area (TPSA) is 52.8 Å². The second-order valence-corrected chi connectivity index (χ2v) is 5.63. The second-order valence-electron chi connectivity index (χ2n) is 4.08. The van der Waals surface area contributed by atoms with Gasteiger partial charge in [-0.3, -0.25) is 0 Å². The van der Waals surface area contributed by atoms with Crippen molar-refractivity contribution in [3.8, 4) is 11.4 Å². The number of nitrogens with zero attached hydrogens (tertiary/aromatic N) is 4. The molecular weight excluding hydrogens is 293 g/mol. The monoisotopic (exact) mass is 304 g/mol. The van der Waals surface area contributed by atoms with E-state index in [1.165, 1.54) is 40.7 Å². The minimum atomic E-state index is -4.70. The summed E-state index contributed by atoms with van der Waals surface area (Å²) in [5.41, 5.74) is 0.563. The number of thioether (sulfide) groups is 1. The molecule has 0 radical (unpaired) electrons. The van der Waals surface area contributed by atoms with Gasteiger partial charge in [-0.1, -0.05) is 25.6 Å². The fourth-order valence-electron chi connectivity index (χ4n) is 1.41. The van der Waals surface area contributed by atoms with Crippen molar-refractivity contribution in [3.63, 3.8) is 0 Å². The maximum absolute atomic E-state index is 12.1. The lowest BCUT2D eigenvalue weighted by molar-refractivity contribution is -0.274. The second kappa shape index (κ2) is 5.70. The van der Waals surface area contributed by atoms with Gasteiger partial charge in [-0.2, -0.15) is 4.68 Å². The highest BCUT2D eigenvalue weighted by Crippen LogP contribution is 2.26. The number of tetrazole rings is 1. The summed E-state index contributed by atoms with van der Waals surface area (Å²) in [5, 5.41) is 12.1. The number of ether oxygens (including phenoxy) is 1. The van der Waals surface area contributed by atoms with E-state index in [1.54, 1.807) is 0 Å². The van der Waals surface area contributed by atoms with Gasteiger partial charge >= 0.3 is 6.36 Å². The number of alkyl halides is 3. The highest BCUT2D eigenvalue weighted by atomic mass is 32.2. The van der Waals surface area contributed by atoms with Crippen LogP contribution in [0.25, 0.3) is 5.69 Å². The summed E-state index contributed by atoms with van der Waals surface area (Å²) in [6, 6.07) is 5.35. The molecule has 2 rings (SSSR count). The van der Waals surface area contributed by atoms with E-state index in [9.17, 15) is 13.2 Å². The molecular formula is C11H11F3N4OS. The van der Waals surface area contributed by atoms with E-state index in [0.29, 0.717) is 10.8 Å². The number of benzene rings is 1. The lowest BCUT2D eigenvalue weighted by Gasteiger charge is -2.10. The highest BCUT2D eigenvalue weighted by molar-refractivity contribution is 7.99. The third-order valence-electron chi connectivity index (χ3n) is 2.10. The first-order valence-electron chi connectivity index (χ1n) is 5.66. The number of hydrogen-bond donors (Lipinski definition) is 0. The standard InChI is InChI=1S/C11H11F3N4OS/c1-7(2)20-10-15-16-17-18(10)8-3-5-9(6-4-8)19-11(12,13)14/h3-7H,1-2H3. The fraction of sp³-hybridized carbons (Fsp3) is 0.364. The van der Waals surface area contributed by atoms with Crippen molar-refractivity contribution in [1.29, 1.82) is 0 Å². The summed E-state index contributed by atoms with van der Waals surface area (Å²) in [4.78, 5) is 0. The summed E-state index contributed by atoms with van der Waals surface area (Å²) in [7, 11) is 0. The highest BCUT2D eigenvalue weighted by Gasteiger charge is 2.31. The van der Waals surface area contributed by atoms with E-state index in [4.69, 9.17) is 0 Å². The Hall–Kier alpha value is -1.77. The van der Waals surface area contributed by atoms with E-state index >= 15 is 0 Å². The molecule has 0 saturated heterocycles. The van der Waals surface area contributed by atoms with Crippen LogP contribution < -0.4 is 4.74 Å². The Kier molecular flexibility index (Phi) is 4.17. The molecule has 0 aliphatic rings. The summed E-state index contributed by atoms with van der Waals surface area (Å²) in [6.07, 6.45) is -4.70. The Labute approximate surface area is 117 Å². The van der Waals surface area contributed by atoms with E-state index in [1.807, 2.05) is 13.8 Å². The molecule has 1 aromatic heterocycles. The fourth-order valence-corrected chi connectivity index (χ4v) is 2.16. The van der Waals surface area contributed by atoms with Gasteiger partial charge in [0.15, 0.2) is 0 Å². The zero-order valence-corrected chi connectivity index (χ0v) is 11.4. The van der Waals surface area contributed by atoms with Crippen molar-refractivity contribution >= 4 is 11.8 Å². The molecule has 0 saturated carbocycles. The molecule has 20 heavy (non-hydrogen) atoms. The van der Waals surface area contributed by atoms with Crippen LogP contribution in [0.1, 0.15) is 13.8 Å². The molecule has 2 aromatic rings. The van der Waals surface area contributed by atoms with Gasteiger partial charge in [-0.05, 0) is 34.7 Å². The molecule has 0 atom stereocenters. The molecule has 1 heterocycles.